The Kier molecular flexibility index (Phi) is 13.4. The van der Waals surface area contributed by atoms with Crippen LogP contribution in [0.25, 0.3) is 43.8 Å². The zero-order valence-corrected chi connectivity index (χ0v) is 30.9. The summed E-state index contributed by atoms with van der Waals surface area (Å²) in [4.78, 5) is 0. The summed E-state index contributed by atoms with van der Waals surface area (Å²) in [5.41, 5.74) is 11.0. The number of fused-ring (bicyclic) bond motifs is 2. The van der Waals surface area contributed by atoms with Gasteiger partial charge in [0.2, 0.25) is 0 Å². The summed E-state index contributed by atoms with van der Waals surface area (Å²) in [7, 11) is 0. The van der Waals surface area contributed by atoms with Crippen molar-refractivity contribution in [3.63, 3.8) is 0 Å². The van der Waals surface area contributed by atoms with Gasteiger partial charge in [-0.25, -0.2) is 0 Å². The van der Waals surface area contributed by atoms with E-state index in [-0.39, 0.29) is 20.3 Å². The number of aryl methyl sites for hydroxylation is 2. The van der Waals surface area contributed by atoms with E-state index in [1.807, 2.05) is 0 Å². The molecule has 0 unspecified atom stereocenters. The molecular formula is C41H46SiZr-4. The first-order chi connectivity index (χ1) is 19.6. The molecule has 43 heavy (non-hydrogen) atoms. The first kappa shape index (κ1) is 36.4. The van der Waals surface area contributed by atoms with Crippen LogP contribution < -0.4 is 0 Å². The van der Waals surface area contributed by atoms with E-state index in [9.17, 15) is 0 Å². The summed E-state index contributed by atoms with van der Waals surface area (Å²) in [5.74, 6) is 0.573. The molecule has 0 aliphatic heterocycles. The second kappa shape index (κ2) is 15.8. The van der Waals surface area contributed by atoms with Crippen molar-refractivity contribution >= 4 is 28.4 Å². The van der Waals surface area contributed by atoms with Crippen LogP contribution in [0.2, 0.25) is 0 Å². The quantitative estimate of drug-likeness (QED) is 0.131. The number of hydrogen-bond donors (Lipinski definition) is 0. The van der Waals surface area contributed by atoms with Crippen molar-refractivity contribution in [3.8, 4) is 22.3 Å². The molecule has 0 aliphatic carbocycles. The van der Waals surface area contributed by atoms with Crippen LogP contribution >= 0.6 is 0 Å². The van der Waals surface area contributed by atoms with Gasteiger partial charge in [-0.05, 0) is 28.0 Å². The van der Waals surface area contributed by atoms with Gasteiger partial charge in [0.25, 0.3) is 0 Å². The number of rotatable bonds is 3. The second-order valence-corrected chi connectivity index (χ2v) is 12.2. The second-order valence-electron chi connectivity index (χ2n) is 12.2. The van der Waals surface area contributed by atoms with Crippen LogP contribution in [0.5, 0.6) is 0 Å². The van der Waals surface area contributed by atoms with Gasteiger partial charge in [0.15, 0.2) is 0 Å². The maximum absolute atomic E-state index is 3.06. The van der Waals surface area contributed by atoms with Gasteiger partial charge in [-0.3, -0.25) is 0 Å². The normalized spacial score (nSPS) is 10.7. The molecule has 0 fully saturated rings. The Morgan fingerprint density at radius 1 is 0.651 bits per heavy atom. The molecule has 0 aliphatic rings. The van der Waals surface area contributed by atoms with E-state index in [1.165, 1.54) is 89.4 Å². The fourth-order valence-corrected chi connectivity index (χ4v) is 5.45. The van der Waals surface area contributed by atoms with Gasteiger partial charge < -0.3 is 14.9 Å². The third-order valence-corrected chi connectivity index (χ3v) is 7.84. The Labute approximate surface area is 278 Å². The number of hydrogen-bond acceptors (Lipinski definition) is 0. The third-order valence-electron chi connectivity index (χ3n) is 7.84. The van der Waals surface area contributed by atoms with Gasteiger partial charge in [-0.15, -0.1) is 68.6 Å². The van der Waals surface area contributed by atoms with Gasteiger partial charge in [-0.2, -0.15) is 12.1 Å². The van der Waals surface area contributed by atoms with Gasteiger partial charge in [0.1, 0.15) is 0 Å². The fraction of sp³-hybridized carbons (Fsp3) is 0.220. The summed E-state index contributed by atoms with van der Waals surface area (Å²) in [6.45, 7) is 18.7. The molecule has 0 bridgehead atoms. The van der Waals surface area contributed by atoms with Crippen molar-refractivity contribution in [1.29, 1.82) is 0 Å². The average Bonchev–Trinajstić information content (AvgIpc) is 3.59. The summed E-state index contributed by atoms with van der Waals surface area (Å²) in [6.07, 6.45) is 0. The van der Waals surface area contributed by atoms with E-state index in [4.69, 9.17) is 0 Å². The van der Waals surface area contributed by atoms with Crippen LogP contribution in [-0.2, 0) is 28.8 Å². The molecule has 2 heteroatoms. The molecule has 6 aromatic rings. The standard InChI is InChI=1S/C22H25.C17H15.2CH3.Si.Zr/c1-15(2)18-13-17-7-6-8-20(21(17)14-18)16-9-11-19(12-10-16)22(3,4)5;1-12-10-16-13(2)8-9-15(17(16)11-12)14-6-4-3-5-7-14;;;;/h6-15H,1-5H3;3-11H,1-2H3;2*1H3;;/q4*-1;;. The van der Waals surface area contributed by atoms with Crippen molar-refractivity contribution in [3.05, 3.63) is 146 Å². The molecule has 0 saturated heterocycles. The van der Waals surface area contributed by atoms with Gasteiger partial charge >= 0.3 is 30.2 Å². The minimum absolute atomic E-state index is 0. The zero-order valence-electron chi connectivity index (χ0n) is 27.5. The van der Waals surface area contributed by atoms with Crippen molar-refractivity contribution < 1.29 is 23.3 Å². The molecule has 0 saturated carbocycles. The van der Waals surface area contributed by atoms with Gasteiger partial charge in [0, 0.05) is 0 Å². The van der Waals surface area contributed by atoms with Crippen LogP contribution in [0.4, 0.5) is 0 Å². The van der Waals surface area contributed by atoms with E-state index in [2.05, 4.69) is 165 Å². The van der Waals surface area contributed by atoms with E-state index >= 15 is 0 Å². The predicted octanol–water partition coefficient (Wildman–Crippen LogP) is 12.0. The molecule has 6 aromatic carbocycles. The first-order valence-electron chi connectivity index (χ1n) is 14.4. The first-order valence-corrected chi connectivity index (χ1v) is 18.6. The Morgan fingerprint density at radius 3 is 1.86 bits per heavy atom. The van der Waals surface area contributed by atoms with Gasteiger partial charge in [-0.1, -0.05) is 126 Å². The maximum atomic E-state index is 3.06. The fourth-order valence-electron chi connectivity index (χ4n) is 5.45. The molecule has 0 atom stereocenters. The van der Waals surface area contributed by atoms with Crippen molar-refractivity contribution in [2.75, 3.05) is 0 Å². The molecule has 222 valence electrons. The van der Waals surface area contributed by atoms with Crippen molar-refractivity contribution in [2.24, 2.45) is 0 Å². The molecular weight excluding hydrogens is 612 g/mol. The summed E-state index contributed by atoms with van der Waals surface area (Å²) in [5, 5.41) is 5.47. The molecule has 0 nitrogen and oxygen atoms in total. The average molecular weight is 658 g/mol. The Balaban J connectivity index is 0.000000278. The molecule has 2 radical (unpaired) electrons. The SMILES string of the molecule is CC(C)c1cc2c(-c3ccc(C(C)(C)C)cc3)cccc2[cH-]1.Cc1cc2c(-c3ccccc3)ccc(C)c2[cH-]1.[CH3-].[CH3-].[Si]=[Zr]. The van der Waals surface area contributed by atoms with E-state index in [1.54, 1.807) is 0 Å². The van der Waals surface area contributed by atoms with Crippen molar-refractivity contribution in [1.82, 2.24) is 0 Å². The molecule has 0 spiro atoms. The summed E-state index contributed by atoms with van der Waals surface area (Å²) in [6, 6.07) is 39.9. The van der Waals surface area contributed by atoms with Crippen LogP contribution in [0, 0.1) is 28.7 Å². The van der Waals surface area contributed by atoms with Crippen LogP contribution in [0.1, 0.15) is 62.8 Å². The van der Waals surface area contributed by atoms with E-state index in [0.717, 1.165) is 0 Å². The van der Waals surface area contributed by atoms with E-state index in [0.29, 0.717) is 5.92 Å². The molecule has 0 aromatic heterocycles. The number of benzene rings is 4. The summed E-state index contributed by atoms with van der Waals surface area (Å²) < 4.78 is 0. The zero-order chi connectivity index (χ0) is 29.7. The molecule has 0 amide bonds. The molecule has 6 rings (SSSR count). The minimum atomic E-state index is 0. The monoisotopic (exact) mass is 656 g/mol. The molecule has 0 heterocycles. The Morgan fingerprint density at radius 2 is 1.26 bits per heavy atom. The van der Waals surface area contributed by atoms with Crippen molar-refractivity contribution in [2.45, 2.75) is 59.8 Å². The Hall–Kier alpha value is -2.80. The topological polar surface area (TPSA) is 0 Å². The van der Waals surface area contributed by atoms with Gasteiger partial charge in [0.05, 0.1) is 0 Å². The van der Waals surface area contributed by atoms with E-state index < -0.39 is 0 Å². The van der Waals surface area contributed by atoms with Crippen LogP contribution in [0.15, 0.2) is 109 Å². The predicted molar refractivity (Wildman–Crippen MR) is 191 cm³/mol. The molecule has 0 N–H and O–H groups in total. The summed E-state index contributed by atoms with van der Waals surface area (Å²) >= 11 is 1.36. The Bertz CT molecular complexity index is 1720. The van der Waals surface area contributed by atoms with Crippen LogP contribution in [-0.4, -0.2) is 6.88 Å². The van der Waals surface area contributed by atoms with Crippen LogP contribution in [0.3, 0.4) is 0 Å². The third kappa shape index (κ3) is 8.43.